The van der Waals surface area contributed by atoms with E-state index in [0.29, 0.717) is 5.69 Å². The van der Waals surface area contributed by atoms with Crippen LogP contribution in [0, 0.1) is 0 Å². The molecule has 2 N–H and O–H groups in total. The van der Waals surface area contributed by atoms with Gasteiger partial charge in [0, 0.05) is 32.9 Å². The number of rotatable bonds is 7. The van der Waals surface area contributed by atoms with Crippen LogP contribution in [0.2, 0.25) is 0 Å². The first kappa shape index (κ1) is 23.1. The summed E-state index contributed by atoms with van der Waals surface area (Å²) in [5, 5.41) is 0. The molecule has 0 aromatic heterocycles. The Morgan fingerprint density at radius 1 is 1.03 bits per heavy atom. The van der Waals surface area contributed by atoms with E-state index in [1.54, 1.807) is 30.3 Å². The van der Waals surface area contributed by atoms with E-state index in [1.807, 2.05) is 0 Å². The molecular formula is C21H25NO8. The van der Waals surface area contributed by atoms with Gasteiger partial charge in [0.1, 0.15) is 6.10 Å². The number of carbonyl (C=O) groups is 4. The zero-order valence-corrected chi connectivity index (χ0v) is 17.0. The van der Waals surface area contributed by atoms with Crippen LogP contribution in [0.25, 0.3) is 6.08 Å². The molecule has 1 aromatic carbocycles. The summed E-state index contributed by atoms with van der Waals surface area (Å²) in [5.41, 5.74) is 7.03. The number of allylic oxidation sites excluding steroid dienone is 1. The summed E-state index contributed by atoms with van der Waals surface area (Å²) in [7, 11) is 0. The Hall–Kier alpha value is -3.20. The van der Waals surface area contributed by atoms with Crippen molar-refractivity contribution < 1.29 is 38.1 Å². The number of carbonyl (C=O) groups excluding carboxylic acids is 4. The second-order valence-electron chi connectivity index (χ2n) is 6.84. The van der Waals surface area contributed by atoms with Gasteiger partial charge in [-0.3, -0.25) is 19.2 Å². The highest BCUT2D eigenvalue weighted by Crippen LogP contribution is 2.26. The number of benzene rings is 1. The third kappa shape index (κ3) is 7.00. The van der Waals surface area contributed by atoms with Crippen LogP contribution >= 0.6 is 0 Å². The van der Waals surface area contributed by atoms with E-state index in [-0.39, 0.29) is 18.8 Å². The molecule has 0 bridgehead atoms. The van der Waals surface area contributed by atoms with Gasteiger partial charge >= 0.3 is 17.9 Å². The monoisotopic (exact) mass is 419 g/mol. The molecule has 4 atom stereocenters. The van der Waals surface area contributed by atoms with Gasteiger partial charge in [-0.1, -0.05) is 18.2 Å². The minimum absolute atomic E-state index is 0.119. The van der Waals surface area contributed by atoms with Crippen molar-refractivity contribution in [2.75, 3.05) is 12.3 Å². The lowest BCUT2D eigenvalue weighted by Crippen LogP contribution is -2.57. The summed E-state index contributed by atoms with van der Waals surface area (Å²) in [6, 6.07) is 7.00. The van der Waals surface area contributed by atoms with Crippen LogP contribution in [0.1, 0.15) is 32.8 Å². The minimum atomic E-state index is -1.12. The van der Waals surface area contributed by atoms with Crippen molar-refractivity contribution in [2.24, 2.45) is 0 Å². The Bertz CT molecular complexity index is 834. The summed E-state index contributed by atoms with van der Waals surface area (Å²) in [6.45, 7) is 3.44. The fourth-order valence-electron chi connectivity index (χ4n) is 3.11. The molecule has 1 aliphatic heterocycles. The molecular weight excluding hydrogens is 394 g/mol. The van der Waals surface area contributed by atoms with Gasteiger partial charge in [-0.05, 0) is 23.8 Å². The second-order valence-corrected chi connectivity index (χ2v) is 6.84. The topological polar surface area (TPSA) is 131 Å². The molecule has 9 nitrogen and oxygen atoms in total. The Balaban J connectivity index is 2.17. The number of anilines is 1. The van der Waals surface area contributed by atoms with Gasteiger partial charge in [0.25, 0.3) is 0 Å². The SMILES string of the molecule is CC(=O)O[C@@H]1[C@@H](OC(C)=O)[C@H](OC(C)=O)CO[C@H]1CC(=O)/C=C/c1cccc(N)c1. The Kier molecular flexibility index (Phi) is 8.11. The summed E-state index contributed by atoms with van der Waals surface area (Å²) in [4.78, 5) is 47.0. The van der Waals surface area contributed by atoms with Crippen molar-refractivity contribution in [3.8, 4) is 0 Å². The van der Waals surface area contributed by atoms with Crippen LogP contribution < -0.4 is 5.73 Å². The number of ketones is 1. The van der Waals surface area contributed by atoms with E-state index in [4.69, 9.17) is 24.7 Å². The first-order valence-electron chi connectivity index (χ1n) is 9.35. The number of nitrogens with two attached hydrogens (primary N) is 1. The molecule has 162 valence electrons. The summed E-state index contributed by atoms with van der Waals surface area (Å²) >= 11 is 0. The predicted octanol–water partition coefficient (Wildman–Crippen LogP) is 1.44. The molecule has 1 fully saturated rings. The van der Waals surface area contributed by atoms with Gasteiger partial charge in [-0.15, -0.1) is 0 Å². The standard InChI is InChI=1S/C21H25NO8/c1-12(23)28-19-11-27-18(20(29-13(2)24)21(19)30-14(3)25)10-17(26)8-7-15-5-4-6-16(22)9-15/h4-9,18-21H,10-11,22H2,1-3H3/b8-7+/t18-,19+,20-,21-/m0/s1. The van der Waals surface area contributed by atoms with Crippen LogP contribution in [0.5, 0.6) is 0 Å². The molecule has 0 spiro atoms. The van der Waals surface area contributed by atoms with Crippen LogP contribution in [-0.4, -0.2) is 54.7 Å². The highest BCUT2D eigenvalue weighted by molar-refractivity contribution is 5.94. The highest BCUT2D eigenvalue weighted by atomic mass is 16.6. The first-order chi connectivity index (χ1) is 14.2. The van der Waals surface area contributed by atoms with Crippen molar-refractivity contribution in [1.29, 1.82) is 0 Å². The Morgan fingerprint density at radius 3 is 2.27 bits per heavy atom. The van der Waals surface area contributed by atoms with E-state index in [2.05, 4.69) is 0 Å². The lowest BCUT2D eigenvalue weighted by molar-refractivity contribution is -0.225. The lowest BCUT2D eigenvalue weighted by Gasteiger charge is -2.40. The molecule has 0 saturated carbocycles. The van der Waals surface area contributed by atoms with Crippen molar-refractivity contribution in [1.82, 2.24) is 0 Å². The first-order valence-corrected chi connectivity index (χ1v) is 9.35. The number of nitrogen functional groups attached to an aromatic ring is 1. The molecule has 0 radical (unpaired) electrons. The van der Waals surface area contributed by atoms with Crippen LogP contribution in [0.3, 0.4) is 0 Å². The van der Waals surface area contributed by atoms with Crippen molar-refractivity contribution in [2.45, 2.75) is 51.6 Å². The molecule has 9 heteroatoms. The normalized spacial score (nSPS) is 23.6. The van der Waals surface area contributed by atoms with Gasteiger partial charge in [0.05, 0.1) is 6.61 Å². The quantitative estimate of drug-likeness (QED) is 0.302. The Morgan fingerprint density at radius 2 is 1.67 bits per heavy atom. The molecule has 1 heterocycles. The van der Waals surface area contributed by atoms with Gasteiger partial charge in [-0.2, -0.15) is 0 Å². The molecule has 0 unspecified atom stereocenters. The fraction of sp³-hybridized carbons (Fsp3) is 0.429. The minimum Gasteiger partial charge on any atom is -0.456 e. The fourth-order valence-corrected chi connectivity index (χ4v) is 3.11. The summed E-state index contributed by atoms with van der Waals surface area (Å²) < 4.78 is 21.3. The van der Waals surface area contributed by atoms with Gasteiger partial charge in [0.15, 0.2) is 24.1 Å². The summed E-state index contributed by atoms with van der Waals surface area (Å²) in [5.74, 6) is -2.21. The van der Waals surface area contributed by atoms with E-state index < -0.39 is 42.3 Å². The molecule has 0 aliphatic carbocycles. The zero-order valence-electron chi connectivity index (χ0n) is 17.0. The van der Waals surface area contributed by atoms with E-state index in [1.165, 1.54) is 26.8 Å². The van der Waals surface area contributed by atoms with Gasteiger partial charge in [-0.25, -0.2) is 0 Å². The molecule has 1 aromatic rings. The average Bonchev–Trinajstić information content (AvgIpc) is 2.63. The maximum Gasteiger partial charge on any atom is 0.303 e. The molecule has 0 amide bonds. The number of hydrogen-bond acceptors (Lipinski definition) is 9. The van der Waals surface area contributed by atoms with E-state index >= 15 is 0 Å². The average molecular weight is 419 g/mol. The van der Waals surface area contributed by atoms with E-state index in [9.17, 15) is 19.2 Å². The van der Waals surface area contributed by atoms with Gasteiger partial charge in [0.2, 0.25) is 0 Å². The largest absolute Gasteiger partial charge is 0.456 e. The van der Waals surface area contributed by atoms with Crippen molar-refractivity contribution in [3.63, 3.8) is 0 Å². The summed E-state index contributed by atoms with van der Waals surface area (Å²) in [6.07, 6.45) is -1.24. The molecule has 1 aliphatic rings. The molecule has 2 rings (SSSR count). The van der Waals surface area contributed by atoms with Crippen LogP contribution in [0.4, 0.5) is 5.69 Å². The lowest BCUT2D eigenvalue weighted by atomic mass is 9.95. The predicted molar refractivity (Wildman–Crippen MR) is 106 cm³/mol. The van der Waals surface area contributed by atoms with E-state index in [0.717, 1.165) is 5.56 Å². The van der Waals surface area contributed by atoms with Crippen LogP contribution in [0.15, 0.2) is 30.3 Å². The Labute approximate surface area is 174 Å². The highest BCUT2D eigenvalue weighted by Gasteiger charge is 2.47. The van der Waals surface area contributed by atoms with Crippen LogP contribution in [-0.2, 0) is 38.1 Å². The maximum atomic E-state index is 12.5. The van der Waals surface area contributed by atoms with Crippen molar-refractivity contribution >= 4 is 35.5 Å². The third-order valence-electron chi connectivity index (χ3n) is 4.23. The zero-order chi connectivity index (χ0) is 22.3. The van der Waals surface area contributed by atoms with Crippen molar-refractivity contribution in [3.05, 3.63) is 35.9 Å². The second kappa shape index (κ2) is 10.5. The van der Waals surface area contributed by atoms with Gasteiger partial charge < -0.3 is 24.7 Å². The molecule has 1 saturated heterocycles. The molecule has 30 heavy (non-hydrogen) atoms. The maximum absolute atomic E-state index is 12.5. The number of ether oxygens (including phenoxy) is 4. The number of esters is 3. The third-order valence-corrected chi connectivity index (χ3v) is 4.23. The smallest absolute Gasteiger partial charge is 0.303 e. The number of hydrogen-bond donors (Lipinski definition) is 1.